The van der Waals surface area contributed by atoms with Crippen LogP contribution in [0.1, 0.15) is 19.8 Å². The summed E-state index contributed by atoms with van der Waals surface area (Å²) in [7, 11) is 5.52. The molecule has 1 fully saturated rings. The molecule has 0 aromatic rings. The summed E-state index contributed by atoms with van der Waals surface area (Å²) in [4.78, 5) is 0. The Hall–Kier alpha value is 1.15. The standard InChI is InChI=1S/C8H17BNPS2/c1-2-11(13-8-7-12-9)10-5-3-4-6-10/h2-8H2,1H3. The predicted molar refractivity (Wildman–Crippen MR) is 68.9 cm³/mol. The van der Waals surface area contributed by atoms with Gasteiger partial charge in [0.25, 0.3) is 0 Å². The van der Waals surface area contributed by atoms with Gasteiger partial charge < -0.3 is 0 Å². The van der Waals surface area contributed by atoms with Gasteiger partial charge in [-0.05, 0) is 24.8 Å². The van der Waals surface area contributed by atoms with Crippen molar-refractivity contribution in [3.63, 3.8) is 0 Å². The summed E-state index contributed by atoms with van der Waals surface area (Å²) in [5, 5.41) is 0. The van der Waals surface area contributed by atoms with Crippen LogP contribution in [0.25, 0.3) is 0 Å². The van der Waals surface area contributed by atoms with Gasteiger partial charge in [-0.2, -0.15) is 0 Å². The van der Waals surface area contributed by atoms with E-state index < -0.39 is 0 Å². The molecular formula is C8H17BNPS2. The molecule has 0 amide bonds. The molecule has 2 radical (unpaired) electrons. The van der Waals surface area contributed by atoms with Gasteiger partial charge in [0.1, 0.15) is 0 Å². The zero-order chi connectivity index (χ0) is 9.52. The summed E-state index contributed by atoms with van der Waals surface area (Å²) in [6.07, 6.45) is 4.14. The summed E-state index contributed by atoms with van der Waals surface area (Å²) >= 11 is 3.60. The van der Waals surface area contributed by atoms with Gasteiger partial charge >= 0.3 is 0 Å². The number of hydrogen-bond acceptors (Lipinski definition) is 3. The first kappa shape index (κ1) is 12.2. The molecule has 1 atom stereocenters. The Bertz CT molecular complexity index is 133. The zero-order valence-electron chi connectivity index (χ0n) is 8.24. The second-order valence-electron chi connectivity index (χ2n) is 3.03. The second kappa shape index (κ2) is 7.45. The van der Waals surface area contributed by atoms with Crippen LogP contribution in [0.2, 0.25) is 0 Å². The molecule has 1 saturated heterocycles. The van der Waals surface area contributed by atoms with Crippen LogP contribution in [0.15, 0.2) is 0 Å². The zero-order valence-corrected chi connectivity index (χ0v) is 10.8. The molecule has 1 aliphatic heterocycles. The maximum atomic E-state index is 5.41. The molecule has 0 bridgehead atoms. The lowest BCUT2D eigenvalue weighted by Crippen LogP contribution is -2.12. The molecule has 13 heavy (non-hydrogen) atoms. The van der Waals surface area contributed by atoms with E-state index in [4.69, 9.17) is 7.12 Å². The van der Waals surface area contributed by atoms with Crippen molar-refractivity contribution in [2.45, 2.75) is 19.8 Å². The van der Waals surface area contributed by atoms with Crippen molar-refractivity contribution >= 4 is 37.4 Å². The van der Waals surface area contributed by atoms with Crippen LogP contribution < -0.4 is 0 Å². The van der Waals surface area contributed by atoms with Gasteiger partial charge in [-0.3, -0.25) is 4.67 Å². The highest BCUT2D eigenvalue weighted by molar-refractivity contribution is 8.55. The van der Waals surface area contributed by atoms with Crippen LogP contribution in [0.5, 0.6) is 0 Å². The normalized spacial score (nSPS) is 20.7. The first-order valence-electron chi connectivity index (χ1n) is 4.85. The molecule has 0 aromatic carbocycles. The van der Waals surface area contributed by atoms with Crippen LogP contribution in [0.4, 0.5) is 0 Å². The maximum Gasteiger partial charge on any atom is 0.161 e. The van der Waals surface area contributed by atoms with Crippen molar-refractivity contribution in [3.8, 4) is 0 Å². The van der Waals surface area contributed by atoms with E-state index in [0.717, 1.165) is 5.75 Å². The fourth-order valence-electron chi connectivity index (χ4n) is 1.49. The molecule has 1 heterocycles. The first-order valence-corrected chi connectivity index (χ1v) is 8.97. The molecule has 1 aliphatic rings. The molecule has 0 N–H and O–H groups in total. The smallest absolute Gasteiger partial charge is 0.161 e. The van der Waals surface area contributed by atoms with Crippen LogP contribution in [-0.2, 0) is 0 Å². The molecule has 74 valence electrons. The fourth-order valence-corrected chi connectivity index (χ4v) is 6.69. The van der Waals surface area contributed by atoms with E-state index in [1.165, 1.54) is 49.5 Å². The number of hydrogen-bond donors (Lipinski definition) is 0. The van der Waals surface area contributed by atoms with Gasteiger partial charge in [-0.15, -0.1) is 11.4 Å². The molecule has 0 spiro atoms. The van der Waals surface area contributed by atoms with Crippen molar-refractivity contribution in [2.75, 3.05) is 30.8 Å². The molecule has 1 rings (SSSR count). The van der Waals surface area contributed by atoms with E-state index in [0.29, 0.717) is 0 Å². The Morgan fingerprint density at radius 2 is 2.00 bits per heavy atom. The summed E-state index contributed by atoms with van der Waals surface area (Å²) < 4.78 is 2.68. The van der Waals surface area contributed by atoms with Crippen LogP contribution >= 0.6 is 30.3 Å². The van der Waals surface area contributed by atoms with Gasteiger partial charge in [0.15, 0.2) is 7.12 Å². The monoisotopic (exact) mass is 233 g/mol. The topological polar surface area (TPSA) is 3.24 Å². The summed E-state index contributed by atoms with van der Waals surface area (Å²) in [6.45, 7) is 4.98. The highest BCUT2D eigenvalue weighted by Crippen LogP contribution is 2.53. The Morgan fingerprint density at radius 1 is 1.31 bits per heavy atom. The highest BCUT2D eigenvalue weighted by atomic mass is 32.7. The lowest BCUT2D eigenvalue weighted by atomic mass is 10.4. The minimum Gasteiger partial charge on any atom is -0.274 e. The van der Waals surface area contributed by atoms with E-state index in [1.54, 1.807) is 0 Å². The SMILES string of the molecule is [B]SCCSP(CC)N1CCCC1. The van der Waals surface area contributed by atoms with Crippen molar-refractivity contribution in [1.29, 1.82) is 0 Å². The van der Waals surface area contributed by atoms with E-state index >= 15 is 0 Å². The Morgan fingerprint density at radius 3 is 2.54 bits per heavy atom. The summed E-state index contributed by atoms with van der Waals surface area (Å²) in [5.74, 6) is 2.31. The molecule has 1 nitrogen and oxygen atoms in total. The molecule has 1 unspecified atom stereocenters. The average Bonchev–Trinajstić information content (AvgIpc) is 2.65. The quantitative estimate of drug-likeness (QED) is 0.394. The van der Waals surface area contributed by atoms with Gasteiger partial charge in [-0.1, -0.05) is 6.92 Å². The van der Waals surface area contributed by atoms with Gasteiger partial charge in [0.05, 0.1) is 0 Å². The maximum absolute atomic E-state index is 5.41. The second-order valence-corrected chi connectivity index (χ2v) is 8.38. The first-order chi connectivity index (χ1) is 6.38. The Labute approximate surface area is 92.6 Å². The van der Waals surface area contributed by atoms with Crippen molar-refractivity contribution < 1.29 is 0 Å². The van der Waals surface area contributed by atoms with Gasteiger partial charge in [0.2, 0.25) is 0 Å². The lowest BCUT2D eigenvalue weighted by Gasteiger charge is -2.25. The minimum atomic E-state index is 0.110. The minimum absolute atomic E-state index is 0.110. The average molecular weight is 233 g/mol. The number of nitrogens with zero attached hydrogens (tertiary/aromatic N) is 1. The van der Waals surface area contributed by atoms with E-state index in [9.17, 15) is 0 Å². The third kappa shape index (κ3) is 4.46. The van der Waals surface area contributed by atoms with Gasteiger partial charge in [-0.25, -0.2) is 11.6 Å². The molecule has 0 saturated carbocycles. The number of rotatable bonds is 6. The van der Waals surface area contributed by atoms with E-state index in [-0.39, 0.29) is 7.27 Å². The molecule has 0 aromatic heterocycles. The van der Waals surface area contributed by atoms with Crippen molar-refractivity contribution in [1.82, 2.24) is 4.67 Å². The summed E-state index contributed by atoms with van der Waals surface area (Å²) in [5.41, 5.74) is 0. The highest BCUT2D eigenvalue weighted by Gasteiger charge is 2.20. The lowest BCUT2D eigenvalue weighted by molar-refractivity contribution is 0.573. The van der Waals surface area contributed by atoms with Crippen molar-refractivity contribution in [2.24, 2.45) is 0 Å². The van der Waals surface area contributed by atoms with Crippen LogP contribution in [0, 0.1) is 0 Å². The van der Waals surface area contributed by atoms with Gasteiger partial charge in [0, 0.05) is 26.1 Å². The van der Waals surface area contributed by atoms with Crippen molar-refractivity contribution in [3.05, 3.63) is 0 Å². The van der Waals surface area contributed by atoms with Crippen LogP contribution in [-0.4, -0.2) is 42.6 Å². The van der Waals surface area contributed by atoms with Crippen LogP contribution in [0.3, 0.4) is 0 Å². The largest absolute Gasteiger partial charge is 0.274 e. The van der Waals surface area contributed by atoms with E-state index in [2.05, 4.69) is 23.0 Å². The third-order valence-electron chi connectivity index (χ3n) is 2.11. The van der Waals surface area contributed by atoms with E-state index in [1.807, 2.05) is 0 Å². The molecular weight excluding hydrogens is 216 g/mol. The predicted octanol–water partition coefficient (Wildman–Crippen LogP) is 2.96. The molecule has 0 aliphatic carbocycles. The fraction of sp³-hybridized carbons (Fsp3) is 1.00. The summed E-state index contributed by atoms with van der Waals surface area (Å²) in [6, 6.07) is 0. The Kier molecular flexibility index (Phi) is 7.00. The third-order valence-corrected chi connectivity index (χ3v) is 7.97. The molecule has 5 heteroatoms. The Balaban J connectivity index is 2.16.